The largest absolute Gasteiger partial charge is 0.396 e. The lowest BCUT2D eigenvalue weighted by Gasteiger charge is -2.25. The van der Waals surface area contributed by atoms with Gasteiger partial charge in [-0.2, -0.15) is 5.10 Å². The van der Waals surface area contributed by atoms with Gasteiger partial charge in [-0.15, -0.1) is 0 Å². The maximum absolute atomic E-state index is 9.41. The molecule has 5 nitrogen and oxygen atoms in total. The van der Waals surface area contributed by atoms with Crippen molar-refractivity contribution < 1.29 is 5.11 Å². The van der Waals surface area contributed by atoms with E-state index < -0.39 is 0 Å². The van der Waals surface area contributed by atoms with Crippen molar-refractivity contribution in [3.05, 3.63) is 17.5 Å². The van der Waals surface area contributed by atoms with Crippen LogP contribution in [0.3, 0.4) is 0 Å². The van der Waals surface area contributed by atoms with Crippen molar-refractivity contribution in [3.63, 3.8) is 0 Å². The summed E-state index contributed by atoms with van der Waals surface area (Å²) in [7, 11) is 1.95. The van der Waals surface area contributed by atoms with Crippen molar-refractivity contribution in [1.29, 1.82) is 0 Å². The molecular weight excluding hydrogens is 240 g/mol. The van der Waals surface area contributed by atoms with E-state index in [1.807, 2.05) is 11.7 Å². The first-order chi connectivity index (χ1) is 9.19. The normalized spacial score (nSPS) is 24.8. The van der Waals surface area contributed by atoms with Gasteiger partial charge in [-0.05, 0) is 25.2 Å². The average molecular weight is 266 g/mol. The van der Waals surface area contributed by atoms with E-state index in [9.17, 15) is 5.11 Å². The Balaban J connectivity index is 2.11. The molecule has 0 radical (unpaired) electrons. The first-order valence-corrected chi connectivity index (χ1v) is 7.29. The van der Waals surface area contributed by atoms with E-state index in [0.717, 1.165) is 25.0 Å². The number of hydrogen-bond acceptors (Lipinski definition) is 4. The Morgan fingerprint density at radius 3 is 3.00 bits per heavy atom. The topological polar surface area (TPSA) is 76.1 Å². The summed E-state index contributed by atoms with van der Waals surface area (Å²) in [6.45, 7) is 2.95. The van der Waals surface area contributed by atoms with E-state index in [1.54, 1.807) is 0 Å². The molecule has 0 bridgehead atoms. The second-order valence-electron chi connectivity index (χ2n) is 5.49. The van der Waals surface area contributed by atoms with Crippen LogP contribution < -0.4 is 11.1 Å². The molecule has 4 N–H and O–H groups in total. The minimum Gasteiger partial charge on any atom is -0.396 e. The minimum absolute atomic E-state index is 0.140. The van der Waals surface area contributed by atoms with Crippen LogP contribution in [0.2, 0.25) is 0 Å². The predicted molar refractivity (Wildman–Crippen MR) is 75.7 cm³/mol. The predicted octanol–water partition coefficient (Wildman–Crippen LogP) is 0.733. The molecule has 3 unspecified atom stereocenters. The van der Waals surface area contributed by atoms with E-state index in [1.165, 1.54) is 12.0 Å². The molecule has 1 aliphatic rings. The average Bonchev–Trinajstić information content (AvgIpc) is 3.01. The summed E-state index contributed by atoms with van der Waals surface area (Å²) in [5.41, 5.74) is 8.26. The van der Waals surface area contributed by atoms with Gasteiger partial charge in [-0.3, -0.25) is 4.68 Å². The lowest BCUT2D eigenvalue weighted by molar-refractivity contribution is 0.199. The van der Waals surface area contributed by atoms with E-state index in [0.29, 0.717) is 18.5 Å². The zero-order valence-corrected chi connectivity index (χ0v) is 12.0. The van der Waals surface area contributed by atoms with Crippen molar-refractivity contribution in [3.8, 4) is 0 Å². The molecule has 108 valence electrons. The minimum atomic E-state index is 0.140. The van der Waals surface area contributed by atoms with Crippen molar-refractivity contribution >= 4 is 0 Å². The van der Waals surface area contributed by atoms with E-state index in [2.05, 4.69) is 23.5 Å². The van der Waals surface area contributed by atoms with E-state index in [-0.39, 0.29) is 12.6 Å². The molecule has 0 amide bonds. The molecule has 0 aliphatic heterocycles. The van der Waals surface area contributed by atoms with Crippen molar-refractivity contribution in [2.24, 2.45) is 18.7 Å². The van der Waals surface area contributed by atoms with Gasteiger partial charge in [-0.1, -0.05) is 13.3 Å². The number of nitrogens with two attached hydrogens (primary N) is 1. The Hall–Kier alpha value is -0.910. The summed E-state index contributed by atoms with van der Waals surface area (Å²) in [5, 5.41) is 17.5. The van der Waals surface area contributed by atoms with Gasteiger partial charge >= 0.3 is 0 Å². The summed E-state index contributed by atoms with van der Waals surface area (Å²) >= 11 is 0. The van der Waals surface area contributed by atoms with E-state index in [4.69, 9.17) is 5.73 Å². The molecule has 0 spiro atoms. The molecule has 1 heterocycles. The van der Waals surface area contributed by atoms with Crippen molar-refractivity contribution in [1.82, 2.24) is 15.1 Å². The molecule has 2 rings (SSSR count). The summed E-state index contributed by atoms with van der Waals surface area (Å²) in [6.07, 6.45) is 6.41. The fraction of sp³-hybridized carbons (Fsp3) is 0.786. The molecule has 1 aliphatic carbocycles. The quantitative estimate of drug-likeness (QED) is 0.709. The summed E-state index contributed by atoms with van der Waals surface area (Å²) in [6, 6.07) is 0.518. The van der Waals surface area contributed by atoms with Gasteiger partial charge in [0, 0.05) is 44.0 Å². The molecule has 1 saturated carbocycles. The third kappa shape index (κ3) is 3.16. The second-order valence-corrected chi connectivity index (χ2v) is 5.49. The number of nitrogens with one attached hydrogen (secondary N) is 1. The standard InChI is InChI=1S/C14H26N4O/c1-3-12-11(8-18(2)17-12)14(7-15)16-13-6-4-5-10(13)9-19/h8,10,13-14,16,19H,3-7,9,15H2,1-2H3. The Morgan fingerprint density at radius 2 is 2.37 bits per heavy atom. The van der Waals surface area contributed by atoms with Crippen LogP contribution in [0.5, 0.6) is 0 Å². The Bertz CT molecular complexity index is 404. The van der Waals surface area contributed by atoms with Gasteiger partial charge < -0.3 is 16.2 Å². The fourth-order valence-corrected chi connectivity index (χ4v) is 3.14. The highest BCUT2D eigenvalue weighted by molar-refractivity contribution is 5.22. The highest BCUT2D eigenvalue weighted by Crippen LogP contribution is 2.28. The molecule has 1 aromatic rings. The third-order valence-corrected chi connectivity index (χ3v) is 4.19. The van der Waals surface area contributed by atoms with Gasteiger partial charge in [-0.25, -0.2) is 0 Å². The highest BCUT2D eigenvalue weighted by atomic mass is 16.3. The first-order valence-electron chi connectivity index (χ1n) is 7.29. The maximum Gasteiger partial charge on any atom is 0.0670 e. The number of aliphatic hydroxyl groups excluding tert-OH is 1. The van der Waals surface area contributed by atoms with Crippen LogP contribution in [-0.4, -0.2) is 34.1 Å². The van der Waals surface area contributed by atoms with Crippen LogP contribution in [0, 0.1) is 5.92 Å². The Kier molecular flexibility index (Phi) is 4.96. The van der Waals surface area contributed by atoms with Crippen LogP contribution in [0.15, 0.2) is 6.20 Å². The zero-order chi connectivity index (χ0) is 13.8. The smallest absolute Gasteiger partial charge is 0.0670 e. The van der Waals surface area contributed by atoms with Gasteiger partial charge in [0.15, 0.2) is 0 Å². The number of hydrogen-bond donors (Lipinski definition) is 3. The third-order valence-electron chi connectivity index (χ3n) is 4.19. The molecule has 1 fully saturated rings. The number of aryl methyl sites for hydroxylation is 2. The molecule has 3 atom stereocenters. The van der Waals surface area contributed by atoms with Gasteiger partial charge in [0.2, 0.25) is 0 Å². The van der Waals surface area contributed by atoms with Crippen molar-refractivity contribution in [2.45, 2.75) is 44.7 Å². The van der Waals surface area contributed by atoms with Gasteiger partial charge in [0.25, 0.3) is 0 Å². The number of nitrogens with zero attached hydrogens (tertiary/aromatic N) is 2. The van der Waals surface area contributed by atoms with Crippen LogP contribution in [0.1, 0.15) is 43.5 Å². The first kappa shape index (κ1) is 14.5. The van der Waals surface area contributed by atoms with Gasteiger partial charge in [0.05, 0.1) is 5.69 Å². The van der Waals surface area contributed by atoms with Gasteiger partial charge in [0.1, 0.15) is 0 Å². The molecule has 1 aromatic heterocycles. The molecule has 0 aromatic carbocycles. The highest BCUT2D eigenvalue weighted by Gasteiger charge is 2.29. The fourth-order valence-electron chi connectivity index (χ4n) is 3.14. The molecule has 19 heavy (non-hydrogen) atoms. The number of rotatable bonds is 6. The molecular formula is C14H26N4O. The summed E-state index contributed by atoms with van der Waals surface area (Å²) < 4.78 is 1.86. The Labute approximate surface area is 115 Å². The monoisotopic (exact) mass is 266 g/mol. The van der Waals surface area contributed by atoms with Crippen LogP contribution >= 0.6 is 0 Å². The summed E-state index contributed by atoms with van der Waals surface area (Å²) in [4.78, 5) is 0. The van der Waals surface area contributed by atoms with Crippen LogP contribution in [-0.2, 0) is 13.5 Å². The SMILES string of the molecule is CCc1nn(C)cc1C(CN)NC1CCCC1CO. The maximum atomic E-state index is 9.41. The number of aromatic nitrogens is 2. The summed E-state index contributed by atoms with van der Waals surface area (Å²) in [5.74, 6) is 0.371. The number of aliphatic hydroxyl groups is 1. The molecule has 5 heteroatoms. The zero-order valence-electron chi connectivity index (χ0n) is 12.0. The Morgan fingerprint density at radius 1 is 1.58 bits per heavy atom. The molecule has 0 saturated heterocycles. The lowest BCUT2D eigenvalue weighted by Crippen LogP contribution is -2.40. The van der Waals surface area contributed by atoms with Crippen LogP contribution in [0.4, 0.5) is 0 Å². The van der Waals surface area contributed by atoms with E-state index >= 15 is 0 Å². The second kappa shape index (κ2) is 6.50. The van der Waals surface area contributed by atoms with Crippen molar-refractivity contribution in [2.75, 3.05) is 13.2 Å². The van der Waals surface area contributed by atoms with Crippen LogP contribution in [0.25, 0.3) is 0 Å². The lowest BCUT2D eigenvalue weighted by atomic mass is 10.0.